The van der Waals surface area contributed by atoms with E-state index in [2.05, 4.69) is 9.84 Å². The molecule has 0 radical (unpaired) electrons. The number of H-pyrrole nitrogens is 2. The topological polar surface area (TPSA) is 92.8 Å². The van der Waals surface area contributed by atoms with Gasteiger partial charge >= 0.3 is 18.2 Å². The molecule has 29 heavy (non-hydrogen) atoms. The molecule has 14 heteroatoms. The molecule has 0 bridgehead atoms. The fraction of sp³-hybridized carbons (Fsp3) is 0.267. The lowest BCUT2D eigenvalue weighted by Gasteiger charge is -2.15. The number of ether oxygens (including phenoxy) is 1. The van der Waals surface area contributed by atoms with E-state index < -0.39 is 58.1 Å². The van der Waals surface area contributed by atoms with E-state index in [0.717, 1.165) is 6.07 Å². The Kier molecular flexibility index (Phi) is 4.67. The van der Waals surface area contributed by atoms with Gasteiger partial charge in [-0.1, -0.05) is 6.07 Å². The van der Waals surface area contributed by atoms with Crippen LogP contribution in [0.4, 0.5) is 30.7 Å². The lowest BCUT2D eigenvalue weighted by atomic mass is 10.1. The normalized spacial score (nSPS) is 13.7. The molecule has 2 heterocycles. The van der Waals surface area contributed by atoms with Crippen LogP contribution in [0.3, 0.4) is 0 Å². The summed E-state index contributed by atoms with van der Waals surface area (Å²) in [7, 11) is 0. The fourth-order valence-corrected chi connectivity index (χ4v) is 2.68. The minimum absolute atomic E-state index is 0.101. The average molecular weight is 426 g/mol. The zero-order valence-electron chi connectivity index (χ0n) is 14.1. The minimum atomic E-state index is -5.14. The molecule has 0 saturated carbocycles. The van der Waals surface area contributed by atoms with Gasteiger partial charge in [-0.2, -0.15) is 18.3 Å². The van der Waals surface area contributed by atoms with Gasteiger partial charge in [0.1, 0.15) is 11.0 Å². The smallest absolute Gasteiger partial charge is 0.403 e. The Morgan fingerprint density at radius 2 is 1.76 bits per heavy atom. The predicted octanol–water partition coefficient (Wildman–Crippen LogP) is 3.08. The molecule has 7 nitrogen and oxygen atoms in total. The van der Waals surface area contributed by atoms with Crippen LogP contribution in [0.15, 0.2) is 27.8 Å². The van der Waals surface area contributed by atoms with Crippen molar-refractivity contribution >= 4 is 11.0 Å². The van der Waals surface area contributed by atoms with Crippen molar-refractivity contribution in [2.75, 3.05) is 0 Å². The van der Waals surface area contributed by atoms with Gasteiger partial charge in [-0.15, -0.1) is 13.2 Å². The van der Waals surface area contributed by atoms with Crippen LogP contribution >= 0.6 is 0 Å². The van der Waals surface area contributed by atoms with Crippen molar-refractivity contribution in [2.45, 2.75) is 25.5 Å². The van der Waals surface area contributed by atoms with Crippen LogP contribution in [0.25, 0.3) is 11.0 Å². The molecule has 3 rings (SSSR count). The molecule has 3 aromatic rings. The minimum Gasteiger partial charge on any atom is -0.403 e. The van der Waals surface area contributed by atoms with E-state index in [1.54, 1.807) is 4.98 Å². The molecule has 0 amide bonds. The summed E-state index contributed by atoms with van der Waals surface area (Å²) in [5, 5.41) is 2.38. The quantitative estimate of drug-likeness (QED) is 0.630. The number of rotatable bonds is 3. The zero-order valence-corrected chi connectivity index (χ0v) is 14.1. The maximum atomic E-state index is 13.9. The Labute approximate surface area is 154 Å². The molecule has 0 aliphatic rings. The van der Waals surface area contributed by atoms with Crippen LogP contribution in [-0.4, -0.2) is 26.1 Å². The number of nitrogens with one attached hydrogen (secondary N) is 2. The van der Waals surface area contributed by atoms with E-state index in [1.807, 2.05) is 4.98 Å². The van der Waals surface area contributed by atoms with Gasteiger partial charge < -0.3 is 4.74 Å². The summed E-state index contributed by atoms with van der Waals surface area (Å²) in [6.07, 6.45) is -10.2. The molecular weight excluding hydrogens is 417 g/mol. The first-order valence-corrected chi connectivity index (χ1v) is 7.65. The van der Waals surface area contributed by atoms with Crippen LogP contribution in [0.1, 0.15) is 24.2 Å². The number of fused-ring (bicyclic) bond motifs is 1. The van der Waals surface area contributed by atoms with E-state index in [0.29, 0.717) is 16.8 Å². The summed E-state index contributed by atoms with van der Waals surface area (Å²) in [4.78, 5) is 27.0. The number of halogens is 7. The third kappa shape index (κ3) is 3.95. The van der Waals surface area contributed by atoms with E-state index in [4.69, 9.17) is 0 Å². The Morgan fingerprint density at radius 3 is 2.31 bits per heavy atom. The van der Waals surface area contributed by atoms with Crippen LogP contribution in [0.5, 0.6) is 5.75 Å². The Morgan fingerprint density at radius 1 is 1.10 bits per heavy atom. The number of nitrogens with zero attached hydrogens (tertiary/aromatic N) is 2. The second-order valence-electron chi connectivity index (χ2n) is 5.84. The van der Waals surface area contributed by atoms with Gasteiger partial charge in [-0.25, -0.2) is 13.9 Å². The molecule has 1 atom stereocenters. The van der Waals surface area contributed by atoms with Crippen molar-refractivity contribution in [1.82, 2.24) is 19.7 Å². The molecule has 0 unspecified atom stereocenters. The third-order valence-corrected chi connectivity index (χ3v) is 3.90. The van der Waals surface area contributed by atoms with Crippen molar-refractivity contribution < 1.29 is 35.5 Å². The van der Waals surface area contributed by atoms with Crippen LogP contribution in [0, 0.1) is 5.82 Å². The van der Waals surface area contributed by atoms with Crippen molar-refractivity contribution in [3.63, 3.8) is 0 Å². The van der Waals surface area contributed by atoms with Crippen LogP contribution < -0.4 is 16.0 Å². The summed E-state index contributed by atoms with van der Waals surface area (Å²) in [6.45, 7) is 1.24. The Bertz CT molecular complexity index is 1190. The van der Waals surface area contributed by atoms with E-state index in [9.17, 15) is 40.3 Å². The Hall–Kier alpha value is -3.32. The fourth-order valence-electron chi connectivity index (χ4n) is 2.68. The van der Waals surface area contributed by atoms with E-state index >= 15 is 0 Å². The molecule has 0 aliphatic heterocycles. The van der Waals surface area contributed by atoms with E-state index in [-0.39, 0.29) is 5.56 Å². The van der Waals surface area contributed by atoms with Crippen molar-refractivity contribution in [2.24, 2.45) is 0 Å². The largest absolute Gasteiger partial charge is 0.573 e. The molecule has 0 saturated heterocycles. The first-order valence-electron chi connectivity index (χ1n) is 7.65. The number of hydrogen-bond acceptors (Lipinski definition) is 4. The molecule has 0 fully saturated rings. The summed E-state index contributed by atoms with van der Waals surface area (Å²) in [5.41, 5.74) is -4.72. The average Bonchev–Trinajstić information content (AvgIpc) is 2.94. The van der Waals surface area contributed by atoms with Gasteiger partial charge in [-0.05, 0) is 24.6 Å². The first-order chi connectivity index (χ1) is 13.3. The van der Waals surface area contributed by atoms with Gasteiger partial charge in [0.2, 0.25) is 0 Å². The molecule has 2 N–H and O–H groups in total. The molecule has 1 aromatic carbocycles. The highest BCUT2D eigenvalue weighted by atomic mass is 19.4. The monoisotopic (exact) mass is 426 g/mol. The molecule has 156 valence electrons. The highest BCUT2D eigenvalue weighted by Gasteiger charge is 2.39. The standard InChI is InChI=1S/C15H9F7N4O3/c1-5(6-2-3-8(7(16)4-6)29-15(20,21)22)26-11-9(10(25-26)14(17,18)19)12(27)24-13(28)23-11/h2-5H,1H3,(H2,23,24,27,28)/t5-/m1/s1. The maximum Gasteiger partial charge on any atom is 0.573 e. The van der Waals surface area contributed by atoms with Crippen molar-refractivity contribution in [1.29, 1.82) is 0 Å². The zero-order chi connectivity index (χ0) is 21.7. The summed E-state index contributed by atoms with van der Waals surface area (Å²) in [6, 6.07) is 1.01. The first kappa shape index (κ1) is 20.4. The highest BCUT2D eigenvalue weighted by molar-refractivity contribution is 5.77. The summed E-state index contributed by atoms with van der Waals surface area (Å²) >= 11 is 0. The molecule has 2 aromatic heterocycles. The van der Waals surface area contributed by atoms with Crippen LogP contribution in [-0.2, 0) is 6.18 Å². The molecule has 0 spiro atoms. The molecule has 0 aliphatic carbocycles. The van der Waals surface area contributed by atoms with Gasteiger partial charge in [0.25, 0.3) is 5.56 Å². The SMILES string of the molecule is C[C@H](c1ccc(OC(F)(F)F)c(F)c1)n1nc(C(F)(F)F)c2c(=O)[nH]c(=O)[nH]c21. The van der Waals surface area contributed by atoms with Crippen molar-refractivity contribution in [3.05, 3.63) is 56.1 Å². The van der Waals surface area contributed by atoms with Gasteiger partial charge in [0.15, 0.2) is 17.3 Å². The predicted molar refractivity (Wildman–Crippen MR) is 82.9 cm³/mol. The highest BCUT2D eigenvalue weighted by Crippen LogP contribution is 2.34. The number of hydrogen-bond donors (Lipinski definition) is 2. The van der Waals surface area contributed by atoms with E-state index in [1.165, 1.54) is 6.92 Å². The number of benzene rings is 1. The van der Waals surface area contributed by atoms with Gasteiger partial charge in [0, 0.05) is 0 Å². The number of aromatic nitrogens is 4. The van der Waals surface area contributed by atoms with Gasteiger partial charge in [-0.3, -0.25) is 14.8 Å². The second-order valence-corrected chi connectivity index (χ2v) is 5.84. The summed E-state index contributed by atoms with van der Waals surface area (Å²) < 4.78 is 94.5. The van der Waals surface area contributed by atoms with Gasteiger partial charge in [0.05, 0.1) is 6.04 Å². The lowest BCUT2D eigenvalue weighted by Crippen LogP contribution is -2.24. The summed E-state index contributed by atoms with van der Waals surface area (Å²) in [5.74, 6) is -2.56. The second kappa shape index (κ2) is 6.63. The lowest BCUT2D eigenvalue weighted by molar-refractivity contribution is -0.275. The number of aromatic amines is 2. The Balaban J connectivity index is 2.15. The van der Waals surface area contributed by atoms with Crippen molar-refractivity contribution in [3.8, 4) is 5.75 Å². The molecular formula is C15H9F7N4O3. The third-order valence-electron chi connectivity index (χ3n) is 3.90. The van der Waals surface area contributed by atoms with Crippen LogP contribution in [0.2, 0.25) is 0 Å². The number of alkyl halides is 6. The maximum absolute atomic E-state index is 13.9.